The van der Waals surface area contributed by atoms with Gasteiger partial charge in [-0.05, 0) is 56.1 Å². The molecule has 0 saturated carbocycles. The van der Waals surface area contributed by atoms with Crippen molar-refractivity contribution in [1.29, 1.82) is 0 Å². The number of hydrogen-bond acceptors (Lipinski definition) is 3. The van der Waals surface area contributed by atoms with Crippen molar-refractivity contribution in [1.82, 2.24) is 9.80 Å². The lowest BCUT2D eigenvalue weighted by atomic mass is 9.99. The van der Waals surface area contributed by atoms with Crippen LogP contribution in [0, 0.1) is 11.7 Å². The number of halogens is 1. The molecule has 0 aliphatic rings. The Balaban J connectivity index is 2.40. The lowest BCUT2D eigenvalue weighted by Crippen LogP contribution is -2.42. The van der Waals surface area contributed by atoms with Crippen LogP contribution in [0.4, 0.5) is 4.39 Å². The Morgan fingerprint density at radius 2 is 1.69 bits per heavy atom. The van der Waals surface area contributed by atoms with Gasteiger partial charge in [-0.1, -0.05) is 51.1 Å². The predicted octanol–water partition coefficient (Wildman–Crippen LogP) is 5.38. The Morgan fingerprint density at radius 1 is 1.00 bits per heavy atom. The smallest absolute Gasteiger partial charge is 0.131 e. The zero-order chi connectivity index (χ0) is 21.4. The second-order valence-corrected chi connectivity index (χ2v) is 8.54. The Bertz CT molecular complexity index is 750. The van der Waals surface area contributed by atoms with Gasteiger partial charge in [0, 0.05) is 31.2 Å². The Hall–Kier alpha value is -1.91. The summed E-state index contributed by atoms with van der Waals surface area (Å²) < 4.78 is 20.2. The minimum Gasteiger partial charge on any atom is -0.496 e. The molecule has 0 heterocycles. The molecule has 0 aromatic heterocycles. The highest BCUT2D eigenvalue weighted by atomic mass is 19.1. The second-order valence-electron chi connectivity index (χ2n) is 8.54. The Labute approximate surface area is 176 Å². The van der Waals surface area contributed by atoms with Gasteiger partial charge in [0.2, 0.25) is 0 Å². The highest BCUT2D eigenvalue weighted by Gasteiger charge is 2.24. The van der Waals surface area contributed by atoms with E-state index in [1.54, 1.807) is 13.2 Å². The third kappa shape index (κ3) is 7.13. The van der Waals surface area contributed by atoms with E-state index in [-0.39, 0.29) is 5.82 Å². The van der Waals surface area contributed by atoms with Gasteiger partial charge in [-0.15, -0.1) is 0 Å². The summed E-state index contributed by atoms with van der Waals surface area (Å²) in [5, 5.41) is 0. The first kappa shape index (κ1) is 23.4. The van der Waals surface area contributed by atoms with Crippen LogP contribution < -0.4 is 4.74 Å². The average molecular weight is 401 g/mol. The van der Waals surface area contributed by atoms with Gasteiger partial charge in [0.1, 0.15) is 11.6 Å². The number of nitrogens with zero attached hydrogens (tertiary/aromatic N) is 2. The van der Waals surface area contributed by atoms with Gasteiger partial charge in [0.15, 0.2) is 0 Å². The molecule has 1 atom stereocenters. The molecular weight excluding hydrogens is 363 g/mol. The maximum absolute atomic E-state index is 14.7. The average Bonchev–Trinajstić information content (AvgIpc) is 2.67. The summed E-state index contributed by atoms with van der Waals surface area (Å²) in [5.41, 5.74) is 3.24. The van der Waals surface area contributed by atoms with Crippen LogP contribution in [0.3, 0.4) is 0 Å². The van der Waals surface area contributed by atoms with Crippen molar-refractivity contribution in [3.63, 3.8) is 0 Å². The number of likely N-dealkylation sites (N-methyl/N-ethyl adjacent to an activating group) is 1. The van der Waals surface area contributed by atoms with E-state index >= 15 is 0 Å². The summed E-state index contributed by atoms with van der Waals surface area (Å²) >= 11 is 0. The van der Waals surface area contributed by atoms with Gasteiger partial charge >= 0.3 is 0 Å². The molecule has 0 bridgehead atoms. The number of benzene rings is 2. The topological polar surface area (TPSA) is 15.7 Å². The molecule has 0 radical (unpaired) electrons. The van der Waals surface area contributed by atoms with Crippen molar-refractivity contribution in [3.8, 4) is 5.75 Å². The van der Waals surface area contributed by atoms with Crippen LogP contribution in [0.15, 0.2) is 42.5 Å². The van der Waals surface area contributed by atoms with E-state index in [1.807, 2.05) is 6.07 Å². The van der Waals surface area contributed by atoms with Crippen LogP contribution in [0.25, 0.3) is 0 Å². The largest absolute Gasteiger partial charge is 0.496 e. The molecule has 0 unspecified atom stereocenters. The fourth-order valence-corrected chi connectivity index (χ4v) is 3.89. The van der Waals surface area contributed by atoms with Crippen LogP contribution >= 0.6 is 0 Å². The van der Waals surface area contributed by atoms with Crippen molar-refractivity contribution in [2.45, 2.75) is 52.7 Å². The Morgan fingerprint density at radius 3 is 2.31 bits per heavy atom. The van der Waals surface area contributed by atoms with Gasteiger partial charge in [0.05, 0.1) is 7.11 Å². The maximum atomic E-state index is 14.7. The van der Waals surface area contributed by atoms with Crippen molar-refractivity contribution in [2.75, 3.05) is 27.7 Å². The van der Waals surface area contributed by atoms with E-state index in [0.29, 0.717) is 29.8 Å². The third-order valence-corrected chi connectivity index (χ3v) is 5.28. The quantitative estimate of drug-likeness (QED) is 0.504. The van der Waals surface area contributed by atoms with Gasteiger partial charge < -0.3 is 9.64 Å². The van der Waals surface area contributed by atoms with Crippen molar-refractivity contribution >= 4 is 0 Å². The first-order chi connectivity index (χ1) is 13.8. The second kappa shape index (κ2) is 11.3. The molecule has 0 saturated heterocycles. The molecule has 4 heteroatoms. The lowest BCUT2D eigenvalue weighted by Gasteiger charge is -2.35. The highest BCUT2D eigenvalue weighted by molar-refractivity contribution is 5.35. The summed E-state index contributed by atoms with van der Waals surface area (Å²) in [6.07, 6.45) is 2.07. The summed E-state index contributed by atoms with van der Waals surface area (Å²) in [6, 6.07) is 14.1. The number of methoxy groups -OCH3 is 1. The van der Waals surface area contributed by atoms with E-state index in [4.69, 9.17) is 4.74 Å². The van der Waals surface area contributed by atoms with Crippen LogP contribution in [0.1, 0.15) is 43.9 Å². The van der Waals surface area contributed by atoms with Crippen LogP contribution in [-0.2, 0) is 19.5 Å². The van der Waals surface area contributed by atoms with Crippen LogP contribution in [-0.4, -0.2) is 43.6 Å². The third-order valence-electron chi connectivity index (χ3n) is 5.28. The van der Waals surface area contributed by atoms with Crippen molar-refractivity contribution in [2.24, 2.45) is 5.92 Å². The molecule has 0 aliphatic heterocycles. The molecule has 2 rings (SSSR count). The number of hydrogen-bond donors (Lipinski definition) is 0. The van der Waals surface area contributed by atoms with Crippen LogP contribution in [0.5, 0.6) is 5.75 Å². The minimum absolute atomic E-state index is 0.204. The molecule has 0 spiro atoms. The zero-order valence-corrected chi connectivity index (χ0v) is 18.9. The van der Waals surface area contributed by atoms with E-state index in [1.165, 1.54) is 17.2 Å². The monoisotopic (exact) mass is 400 g/mol. The highest BCUT2D eigenvalue weighted by Crippen LogP contribution is 2.26. The number of aryl methyl sites for hydroxylation is 1. The lowest BCUT2D eigenvalue weighted by molar-refractivity contribution is 0.124. The van der Waals surface area contributed by atoms with E-state index in [0.717, 1.165) is 25.9 Å². The summed E-state index contributed by atoms with van der Waals surface area (Å²) in [7, 11) is 5.82. The van der Waals surface area contributed by atoms with Gasteiger partial charge in [-0.3, -0.25) is 4.90 Å². The SMILES string of the molecule is CCc1cccc(CN(Cc2c(F)cccc2OC)[C@@H](CC(C)C)CN(C)C)c1. The molecule has 0 N–H and O–H groups in total. The van der Waals surface area contributed by atoms with Crippen molar-refractivity contribution in [3.05, 3.63) is 65.0 Å². The van der Waals surface area contributed by atoms with Gasteiger partial charge in [-0.2, -0.15) is 0 Å². The molecule has 2 aromatic rings. The summed E-state index contributed by atoms with van der Waals surface area (Å²) in [6.45, 7) is 8.93. The molecule has 0 fully saturated rings. The molecule has 0 aliphatic carbocycles. The normalized spacial score (nSPS) is 12.8. The van der Waals surface area contributed by atoms with E-state index in [9.17, 15) is 4.39 Å². The van der Waals surface area contributed by atoms with E-state index in [2.05, 4.69) is 68.9 Å². The molecule has 29 heavy (non-hydrogen) atoms. The zero-order valence-electron chi connectivity index (χ0n) is 18.9. The summed E-state index contributed by atoms with van der Waals surface area (Å²) in [4.78, 5) is 4.64. The molecule has 160 valence electrons. The first-order valence-electron chi connectivity index (χ1n) is 10.6. The predicted molar refractivity (Wildman–Crippen MR) is 120 cm³/mol. The number of rotatable bonds is 11. The maximum Gasteiger partial charge on any atom is 0.131 e. The fraction of sp³-hybridized carbons (Fsp3) is 0.520. The molecule has 3 nitrogen and oxygen atoms in total. The summed E-state index contributed by atoms with van der Waals surface area (Å²) in [5.74, 6) is 0.974. The first-order valence-corrected chi connectivity index (χ1v) is 10.6. The van der Waals surface area contributed by atoms with Crippen molar-refractivity contribution < 1.29 is 9.13 Å². The fourth-order valence-electron chi connectivity index (χ4n) is 3.89. The molecule has 0 amide bonds. The van der Waals surface area contributed by atoms with Crippen LogP contribution in [0.2, 0.25) is 0 Å². The number of ether oxygens (including phenoxy) is 1. The standard InChI is InChI=1S/C25H37FN2O/c1-7-20-10-8-11-21(15-20)16-28(22(14-19(2)3)17-27(4)5)18-23-24(26)12-9-13-25(23)29-6/h8-13,15,19,22H,7,14,16-18H2,1-6H3/t22-/m0/s1. The van der Waals surface area contributed by atoms with Gasteiger partial charge in [-0.25, -0.2) is 4.39 Å². The minimum atomic E-state index is -0.204. The molecular formula is C25H37FN2O. The van der Waals surface area contributed by atoms with E-state index < -0.39 is 0 Å². The van der Waals surface area contributed by atoms with Gasteiger partial charge in [0.25, 0.3) is 0 Å². The Kier molecular flexibility index (Phi) is 9.12. The molecule has 2 aromatic carbocycles.